The van der Waals surface area contributed by atoms with Gasteiger partial charge in [-0.2, -0.15) is 0 Å². The molecular weight excluding hydrogens is 364 g/mol. The van der Waals surface area contributed by atoms with E-state index in [2.05, 4.69) is 4.99 Å². The molecule has 0 saturated heterocycles. The zero-order chi connectivity index (χ0) is 19.4. The van der Waals surface area contributed by atoms with E-state index in [-0.39, 0.29) is 11.3 Å². The Morgan fingerprint density at radius 3 is 2.63 bits per heavy atom. The lowest BCUT2D eigenvalue weighted by atomic mass is 10.2. The van der Waals surface area contributed by atoms with Crippen LogP contribution in [-0.2, 0) is 16.6 Å². The normalized spacial score (nSPS) is 17.0. The van der Waals surface area contributed by atoms with Gasteiger partial charge in [0.25, 0.3) is 0 Å². The zero-order valence-electron chi connectivity index (χ0n) is 15.3. The van der Waals surface area contributed by atoms with Crippen LogP contribution in [-0.4, -0.2) is 34.4 Å². The molecule has 2 aromatic rings. The first kappa shape index (κ1) is 18.8. The monoisotopic (exact) mass is 384 g/mol. The van der Waals surface area contributed by atoms with Gasteiger partial charge in [0.15, 0.2) is 0 Å². The number of hydrogen-bond acceptors (Lipinski definition) is 6. The number of nitrogens with zero attached hydrogens (tertiary/aromatic N) is 2. The summed E-state index contributed by atoms with van der Waals surface area (Å²) in [6.45, 7) is 2.50. The molecule has 1 aromatic carbocycles. The van der Waals surface area contributed by atoms with Gasteiger partial charge in [0.05, 0.1) is 24.3 Å². The number of benzene rings is 1. The minimum atomic E-state index is -0.625. The number of ether oxygens (including phenoxy) is 2. The number of rotatable bonds is 5. The minimum absolute atomic E-state index is 0.0665. The summed E-state index contributed by atoms with van der Waals surface area (Å²) < 4.78 is 12.2. The number of aliphatic imine (C=N–C) groups is 1. The molecule has 0 radical (unpaired) electrons. The highest BCUT2D eigenvalue weighted by molar-refractivity contribution is 8.18. The topological polar surface area (TPSA) is 73.0 Å². The van der Waals surface area contributed by atoms with Gasteiger partial charge in [-0.05, 0) is 49.4 Å². The third-order valence-electron chi connectivity index (χ3n) is 3.92. The molecule has 1 N–H and O–H groups in total. The van der Waals surface area contributed by atoms with Crippen LogP contribution in [0.15, 0.2) is 63.8 Å². The summed E-state index contributed by atoms with van der Waals surface area (Å²) in [5.41, 5.74) is 1.61. The molecule has 0 bridgehead atoms. The quantitative estimate of drug-likeness (QED) is 0.781. The van der Waals surface area contributed by atoms with Crippen LogP contribution in [0.25, 0.3) is 6.08 Å². The van der Waals surface area contributed by atoms with Crippen molar-refractivity contribution in [1.29, 1.82) is 0 Å². The van der Waals surface area contributed by atoms with Crippen molar-refractivity contribution >= 4 is 34.5 Å². The van der Waals surface area contributed by atoms with E-state index in [9.17, 15) is 9.90 Å². The Bertz CT molecular complexity index is 939. The van der Waals surface area contributed by atoms with Gasteiger partial charge in [-0.15, -0.1) is 0 Å². The maximum Gasteiger partial charge on any atom is 0.344 e. The first-order valence-electron chi connectivity index (χ1n) is 8.38. The number of aromatic nitrogens is 1. The maximum absolute atomic E-state index is 12.2. The van der Waals surface area contributed by atoms with Crippen LogP contribution in [0.3, 0.4) is 0 Å². The van der Waals surface area contributed by atoms with Crippen LogP contribution in [0.5, 0.6) is 5.75 Å². The Kier molecular flexibility index (Phi) is 5.71. The van der Waals surface area contributed by atoms with Crippen LogP contribution in [0, 0.1) is 0 Å². The molecule has 6 nitrogen and oxygen atoms in total. The molecule has 140 valence electrons. The van der Waals surface area contributed by atoms with Crippen molar-refractivity contribution in [3.05, 3.63) is 64.5 Å². The van der Waals surface area contributed by atoms with Crippen molar-refractivity contribution in [2.24, 2.45) is 12.0 Å². The van der Waals surface area contributed by atoms with E-state index in [4.69, 9.17) is 9.47 Å². The second-order valence-corrected chi connectivity index (χ2v) is 6.74. The summed E-state index contributed by atoms with van der Waals surface area (Å²) in [5.74, 6) is -0.00546. The van der Waals surface area contributed by atoms with Gasteiger partial charge in [0, 0.05) is 18.9 Å². The van der Waals surface area contributed by atoms with Crippen LogP contribution in [0.4, 0.5) is 5.69 Å². The van der Waals surface area contributed by atoms with Gasteiger partial charge in [0.1, 0.15) is 22.1 Å². The van der Waals surface area contributed by atoms with Crippen molar-refractivity contribution in [3.63, 3.8) is 0 Å². The van der Waals surface area contributed by atoms with E-state index < -0.39 is 5.97 Å². The van der Waals surface area contributed by atoms with Gasteiger partial charge in [-0.25, -0.2) is 9.79 Å². The maximum atomic E-state index is 12.2. The van der Waals surface area contributed by atoms with Crippen molar-refractivity contribution < 1.29 is 19.4 Å². The Labute approximate surface area is 161 Å². The molecule has 1 aromatic heterocycles. The highest BCUT2D eigenvalue weighted by Gasteiger charge is 2.33. The van der Waals surface area contributed by atoms with Crippen LogP contribution in [0.1, 0.15) is 12.6 Å². The number of carbonyl (C=O) groups excluding carboxylic acids is 1. The molecule has 0 fully saturated rings. The molecule has 0 unspecified atom stereocenters. The minimum Gasteiger partial charge on any atom is -0.506 e. The highest BCUT2D eigenvalue weighted by Crippen LogP contribution is 2.40. The molecule has 0 aliphatic carbocycles. The van der Waals surface area contributed by atoms with Crippen LogP contribution < -0.4 is 4.74 Å². The van der Waals surface area contributed by atoms with E-state index in [0.29, 0.717) is 22.2 Å². The van der Waals surface area contributed by atoms with Gasteiger partial charge < -0.3 is 19.1 Å². The molecule has 0 amide bonds. The van der Waals surface area contributed by atoms with Gasteiger partial charge in [-0.1, -0.05) is 11.8 Å². The average molecular weight is 384 g/mol. The van der Waals surface area contributed by atoms with Crippen molar-refractivity contribution in [2.45, 2.75) is 6.92 Å². The zero-order valence-corrected chi connectivity index (χ0v) is 16.1. The highest BCUT2D eigenvalue weighted by atomic mass is 32.2. The summed E-state index contributed by atoms with van der Waals surface area (Å²) in [5, 5.41) is 11.0. The predicted molar refractivity (Wildman–Crippen MR) is 107 cm³/mol. The lowest BCUT2D eigenvalue weighted by Gasteiger charge is -2.04. The Morgan fingerprint density at radius 2 is 2.04 bits per heavy atom. The fourth-order valence-electron chi connectivity index (χ4n) is 2.55. The van der Waals surface area contributed by atoms with Crippen LogP contribution in [0.2, 0.25) is 0 Å². The number of aliphatic hydroxyl groups excluding tert-OH is 1. The second kappa shape index (κ2) is 8.18. The lowest BCUT2D eigenvalue weighted by molar-refractivity contribution is -0.135. The fraction of sp³-hybridized carbons (Fsp3) is 0.200. The first-order chi connectivity index (χ1) is 13.0. The molecule has 2 heterocycles. The summed E-state index contributed by atoms with van der Waals surface area (Å²) in [4.78, 5) is 17.3. The number of methoxy groups -OCH3 is 1. The van der Waals surface area contributed by atoms with Crippen molar-refractivity contribution in [2.75, 3.05) is 13.7 Å². The third kappa shape index (κ3) is 4.09. The largest absolute Gasteiger partial charge is 0.506 e. The first-order valence-corrected chi connectivity index (χ1v) is 9.20. The fourth-order valence-corrected chi connectivity index (χ4v) is 3.57. The predicted octanol–water partition coefficient (Wildman–Crippen LogP) is 4.23. The molecule has 7 heteroatoms. The Morgan fingerprint density at radius 1 is 1.30 bits per heavy atom. The standard InChI is InChI=1S/C20H20N2O4S/c1-4-26-15-9-7-13(8-10-15)21-19-17(20(24)25-3)18(23)16(27-19)12-14-6-5-11-22(14)2/h5-12,23H,4H2,1-3H3/b16-12+,21-19?. The third-order valence-corrected chi connectivity index (χ3v) is 4.94. The SMILES string of the molecule is CCOc1ccc(N=C2S/C(=C/c3cccn3C)C(O)=C2C(=O)OC)cc1. The van der Waals surface area contributed by atoms with E-state index in [1.165, 1.54) is 18.9 Å². The summed E-state index contributed by atoms with van der Waals surface area (Å²) in [7, 11) is 3.18. The molecule has 0 saturated carbocycles. The van der Waals surface area contributed by atoms with Crippen molar-refractivity contribution in [3.8, 4) is 5.75 Å². The Balaban J connectivity index is 1.98. The number of thioether (sulfide) groups is 1. The molecular formula is C20H20N2O4S. The molecule has 0 atom stereocenters. The Hall–Kier alpha value is -2.93. The molecule has 27 heavy (non-hydrogen) atoms. The van der Waals surface area contributed by atoms with E-state index in [0.717, 1.165) is 11.4 Å². The van der Waals surface area contributed by atoms with E-state index in [1.54, 1.807) is 12.1 Å². The van der Waals surface area contributed by atoms with Crippen LogP contribution >= 0.6 is 11.8 Å². The number of aryl methyl sites for hydroxylation is 1. The van der Waals surface area contributed by atoms with E-state index in [1.807, 2.05) is 55.1 Å². The summed E-state index contributed by atoms with van der Waals surface area (Å²) in [6.07, 6.45) is 3.71. The van der Waals surface area contributed by atoms with Crippen molar-refractivity contribution in [1.82, 2.24) is 4.57 Å². The molecule has 1 aliphatic rings. The number of carbonyl (C=O) groups is 1. The number of hydrogen-bond donors (Lipinski definition) is 1. The lowest BCUT2D eigenvalue weighted by Crippen LogP contribution is -2.10. The van der Waals surface area contributed by atoms with Gasteiger partial charge in [0.2, 0.25) is 0 Å². The van der Waals surface area contributed by atoms with E-state index >= 15 is 0 Å². The average Bonchev–Trinajstić information content (AvgIpc) is 3.20. The molecule has 0 spiro atoms. The van der Waals surface area contributed by atoms with Gasteiger partial charge in [-0.3, -0.25) is 0 Å². The smallest absolute Gasteiger partial charge is 0.344 e. The molecule has 3 rings (SSSR count). The number of esters is 1. The summed E-state index contributed by atoms with van der Waals surface area (Å²) >= 11 is 1.23. The second-order valence-electron chi connectivity index (χ2n) is 5.71. The molecule has 1 aliphatic heterocycles. The summed E-state index contributed by atoms with van der Waals surface area (Å²) in [6, 6.07) is 11.0. The number of aliphatic hydroxyl groups is 1. The van der Waals surface area contributed by atoms with Gasteiger partial charge >= 0.3 is 5.97 Å².